The van der Waals surface area contributed by atoms with E-state index in [1.165, 1.54) is 30.6 Å². The van der Waals surface area contributed by atoms with E-state index >= 15 is 8.78 Å². The summed E-state index contributed by atoms with van der Waals surface area (Å²) in [6.45, 7) is -0.0648. The van der Waals surface area contributed by atoms with E-state index in [0.717, 1.165) is 0 Å². The highest BCUT2D eigenvalue weighted by Gasteiger charge is 2.85. The molecule has 4 heterocycles. The summed E-state index contributed by atoms with van der Waals surface area (Å²) in [6.07, 6.45) is 1.54. The zero-order chi connectivity index (χ0) is 27.7. The van der Waals surface area contributed by atoms with Crippen molar-refractivity contribution in [3.63, 3.8) is 0 Å². The topological polar surface area (TPSA) is 104 Å². The first-order valence-electron chi connectivity index (χ1n) is 12.4. The number of aliphatic carboxylic acids is 1. The standard InChI is InChI=1S/C26H24ClF3N4O4S/c1-38-24(37)19-15(10-34-16-7-12(9-18(35)36)8-17(34)26(30)11-25(16,26)29)32-22(23-31-5-6-39-23)33-21(19)13-3-2-4-14(28)20(13)27/h2-6,12,16-17,21H,7-11H2,1H3,(H,32,33)(H,35,36). The van der Waals surface area contributed by atoms with Crippen molar-refractivity contribution < 1.29 is 32.6 Å². The van der Waals surface area contributed by atoms with Gasteiger partial charge in [-0.3, -0.25) is 14.7 Å². The van der Waals surface area contributed by atoms with Crippen molar-refractivity contribution in [2.24, 2.45) is 10.9 Å². The SMILES string of the molecule is COC(=O)C1=C(CN2C3CC(CC(=O)O)CC2C2(F)CC32F)NC(c2nccs2)=NC1c1cccc(F)c1Cl. The van der Waals surface area contributed by atoms with Crippen LogP contribution in [0.4, 0.5) is 13.2 Å². The van der Waals surface area contributed by atoms with E-state index in [4.69, 9.17) is 16.3 Å². The molecule has 8 nitrogen and oxygen atoms in total. The lowest BCUT2D eigenvalue weighted by Crippen LogP contribution is -2.52. The van der Waals surface area contributed by atoms with Crippen LogP contribution >= 0.6 is 22.9 Å². The number of aromatic nitrogens is 1. The van der Waals surface area contributed by atoms with Crippen LogP contribution in [0.2, 0.25) is 5.02 Å². The molecule has 39 heavy (non-hydrogen) atoms. The summed E-state index contributed by atoms with van der Waals surface area (Å²) in [6, 6.07) is 1.38. The molecule has 3 fully saturated rings. The summed E-state index contributed by atoms with van der Waals surface area (Å²) in [7, 11) is 1.20. The number of esters is 1. The molecule has 0 spiro atoms. The smallest absolute Gasteiger partial charge is 0.338 e. The number of thiazole rings is 1. The number of carboxylic acid groups (broad SMARTS) is 1. The van der Waals surface area contributed by atoms with E-state index in [1.807, 2.05) is 0 Å². The molecule has 2 N–H and O–H groups in total. The number of carboxylic acids is 1. The number of nitrogens with zero attached hydrogens (tertiary/aromatic N) is 3. The maximum Gasteiger partial charge on any atom is 0.338 e. The summed E-state index contributed by atoms with van der Waals surface area (Å²) in [5.41, 5.74) is -3.62. The fourth-order valence-corrected chi connectivity index (χ4v) is 7.34. The second kappa shape index (κ2) is 9.31. The zero-order valence-corrected chi connectivity index (χ0v) is 22.2. The van der Waals surface area contributed by atoms with E-state index < -0.39 is 47.2 Å². The molecule has 3 aliphatic heterocycles. The first-order valence-corrected chi connectivity index (χ1v) is 13.7. The van der Waals surface area contributed by atoms with Gasteiger partial charge in [-0.1, -0.05) is 23.7 Å². The molecule has 0 radical (unpaired) electrons. The fraction of sp³-hybridized carbons (Fsp3) is 0.462. The number of rotatable bonds is 7. The molecule has 13 heteroatoms. The van der Waals surface area contributed by atoms with Crippen LogP contribution in [-0.2, 0) is 14.3 Å². The van der Waals surface area contributed by atoms with Crippen LogP contribution in [0.25, 0.3) is 0 Å². The maximum absolute atomic E-state index is 15.8. The molecule has 206 valence electrons. The Morgan fingerprint density at radius 3 is 2.62 bits per heavy atom. The normalized spacial score (nSPS) is 33.3. The van der Waals surface area contributed by atoms with Gasteiger partial charge in [-0.15, -0.1) is 11.3 Å². The predicted molar refractivity (Wildman–Crippen MR) is 137 cm³/mol. The molecular weight excluding hydrogens is 557 g/mol. The molecule has 2 saturated heterocycles. The van der Waals surface area contributed by atoms with Gasteiger partial charge < -0.3 is 15.2 Å². The number of alkyl halides is 2. The second-order valence-electron chi connectivity index (χ2n) is 10.4. The Kier molecular flexibility index (Phi) is 6.27. The second-order valence-corrected chi connectivity index (χ2v) is 11.7. The Labute approximate surface area is 230 Å². The maximum atomic E-state index is 15.8. The number of benzene rings is 1. The average Bonchev–Trinajstić information content (AvgIpc) is 3.20. The van der Waals surface area contributed by atoms with Gasteiger partial charge in [-0.25, -0.2) is 22.9 Å². The number of aliphatic imine (C=N–C) groups is 1. The third kappa shape index (κ3) is 4.06. The van der Waals surface area contributed by atoms with Crippen molar-refractivity contribution in [3.8, 4) is 0 Å². The van der Waals surface area contributed by atoms with Gasteiger partial charge in [-0.05, 0) is 24.8 Å². The quantitative estimate of drug-likeness (QED) is 0.473. The fourth-order valence-electron chi connectivity index (χ4n) is 6.53. The molecule has 4 aliphatic rings. The molecule has 1 aromatic heterocycles. The van der Waals surface area contributed by atoms with Crippen LogP contribution in [0.1, 0.15) is 42.3 Å². The minimum Gasteiger partial charge on any atom is -0.481 e. The number of fused-ring (bicyclic) bond motifs is 5. The van der Waals surface area contributed by atoms with Crippen molar-refractivity contribution in [3.05, 3.63) is 62.5 Å². The number of carbonyl (C=O) groups excluding carboxylic acids is 1. The molecule has 5 atom stereocenters. The highest BCUT2D eigenvalue weighted by atomic mass is 35.5. The molecular formula is C26H24ClF3N4O4S. The number of carbonyl (C=O) groups is 2. The molecule has 1 saturated carbocycles. The van der Waals surface area contributed by atoms with Crippen LogP contribution < -0.4 is 5.32 Å². The van der Waals surface area contributed by atoms with Crippen molar-refractivity contribution in [2.45, 2.75) is 55.1 Å². The van der Waals surface area contributed by atoms with Gasteiger partial charge in [-0.2, -0.15) is 0 Å². The minimum atomic E-state index is -2.08. The first kappa shape index (κ1) is 26.3. The number of hydrogen-bond donors (Lipinski definition) is 2. The number of hydrogen-bond acceptors (Lipinski definition) is 8. The minimum absolute atomic E-state index is 0.0341. The van der Waals surface area contributed by atoms with Crippen molar-refractivity contribution in [1.82, 2.24) is 15.2 Å². The Morgan fingerprint density at radius 2 is 2.00 bits per heavy atom. The van der Waals surface area contributed by atoms with Crippen LogP contribution in [0.5, 0.6) is 0 Å². The van der Waals surface area contributed by atoms with E-state index in [0.29, 0.717) is 10.8 Å². The van der Waals surface area contributed by atoms with E-state index in [1.54, 1.807) is 22.5 Å². The molecule has 2 aromatic rings. The van der Waals surface area contributed by atoms with E-state index in [2.05, 4.69) is 15.3 Å². The van der Waals surface area contributed by atoms with Crippen LogP contribution in [0, 0.1) is 11.7 Å². The van der Waals surface area contributed by atoms with Crippen molar-refractivity contribution in [2.75, 3.05) is 13.7 Å². The summed E-state index contributed by atoms with van der Waals surface area (Å²) in [5, 5.41) is 14.4. The monoisotopic (exact) mass is 580 g/mol. The van der Waals surface area contributed by atoms with Crippen LogP contribution in [0.15, 0.2) is 46.0 Å². The predicted octanol–water partition coefficient (Wildman–Crippen LogP) is 4.21. The molecule has 5 unspecified atom stereocenters. The van der Waals surface area contributed by atoms with Gasteiger partial charge in [0.2, 0.25) is 0 Å². The third-order valence-corrected chi connectivity index (χ3v) is 9.48. The number of ether oxygens (including phenoxy) is 1. The highest BCUT2D eigenvalue weighted by Crippen LogP contribution is 2.70. The highest BCUT2D eigenvalue weighted by molar-refractivity contribution is 7.11. The number of methoxy groups -OCH3 is 1. The Balaban J connectivity index is 1.43. The molecule has 2 bridgehead atoms. The molecule has 0 amide bonds. The van der Waals surface area contributed by atoms with Gasteiger partial charge in [0.1, 0.15) is 11.9 Å². The Bertz CT molecular complexity index is 1400. The number of amidine groups is 1. The lowest BCUT2D eigenvalue weighted by molar-refractivity contribution is -0.139. The van der Waals surface area contributed by atoms with Gasteiger partial charge in [0, 0.05) is 54.3 Å². The lowest BCUT2D eigenvalue weighted by atomic mass is 9.84. The van der Waals surface area contributed by atoms with Crippen LogP contribution in [-0.4, -0.2) is 69.8 Å². The Hall–Kier alpha value is -2.96. The summed E-state index contributed by atoms with van der Waals surface area (Å²) in [5.74, 6) is -2.52. The van der Waals surface area contributed by atoms with Crippen LogP contribution in [0.3, 0.4) is 0 Å². The largest absolute Gasteiger partial charge is 0.481 e. The van der Waals surface area contributed by atoms with E-state index in [-0.39, 0.29) is 60.0 Å². The molecule has 1 aliphatic carbocycles. The average molecular weight is 581 g/mol. The summed E-state index contributed by atoms with van der Waals surface area (Å²) in [4.78, 5) is 35.1. The van der Waals surface area contributed by atoms with Gasteiger partial charge in [0.15, 0.2) is 22.2 Å². The number of nitrogens with one attached hydrogen (secondary N) is 1. The zero-order valence-electron chi connectivity index (χ0n) is 20.7. The van der Waals surface area contributed by atoms with Crippen molar-refractivity contribution >= 4 is 40.7 Å². The third-order valence-electron chi connectivity index (χ3n) is 8.30. The van der Waals surface area contributed by atoms with Gasteiger partial charge >= 0.3 is 11.9 Å². The number of piperidine rings is 2. The summed E-state index contributed by atoms with van der Waals surface area (Å²) < 4.78 is 51.2. The first-order chi connectivity index (χ1) is 18.6. The molecule has 6 rings (SSSR count). The molecule has 1 aromatic carbocycles. The number of halogens is 4. The van der Waals surface area contributed by atoms with E-state index in [9.17, 15) is 19.1 Å². The Morgan fingerprint density at radius 1 is 1.28 bits per heavy atom. The lowest BCUT2D eigenvalue weighted by Gasteiger charge is -2.42. The van der Waals surface area contributed by atoms with Crippen molar-refractivity contribution in [1.29, 1.82) is 0 Å². The van der Waals surface area contributed by atoms with Gasteiger partial charge in [0.05, 0.1) is 17.7 Å². The van der Waals surface area contributed by atoms with Gasteiger partial charge in [0.25, 0.3) is 0 Å². The summed E-state index contributed by atoms with van der Waals surface area (Å²) >= 11 is 7.60.